The highest BCUT2D eigenvalue weighted by atomic mass is 16.3. The fourth-order valence-electron chi connectivity index (χ4n) is 1.87. The molecule has 0 aromatic heterocycles. The number of nitrogens with zero attached hydrogens (tertiary/aromatic N) is 1. The zero-order chi connectivity index (χ0) is 11.5. The van der Waals surface area contributed by atoms with Crippen LogP contribution in [0, 0.1) is 0 Å². The number of aromatic hydroxyl groups is 1. The normalized spacial score (nSPS) is 11.2. The van der Waals surface area contributed by atoms with Gasteiger partial charge in [-0.3, -0.25) is 0 Å². The maximum absolute atomic E-state index is 9.93. The number of benzene rings is 2. The molecule has 0 aliphatic heterocycles. The van der Waals surface area contributed by atoms with Crippen molar-refractivity contribution in [3.8, 4) is 5.75 Å². The van der Waals surface area contributed by atoms with Gasteiger partial charge in [0.1, 0.15) is 5.75 Å². The Labute approximate surface area is 96.1 Å². The first-order chi connectivity index (χ1) is 7.72. The summed E-state index contributed by atoms with van der Waals surface area (Å²) >= 11 is 0. The van der Waals surface area contributed by atoms with Gasteiger partial charge in [0.2, 0.25) is 0 Å². The Morgan fingerprint density at radius 1 is 1.12 bits per heavy atom. The summed E-state index contributed by atoms with van der Waals surface area (Å²) in [5.41, 5.74) is 1.02. The van der Waals surface area contributed by atoms with Crippen molar-refractivity contribution in [1.82, 2.24) is 4.90 Å². The van der Waals surface area contributed by atoms with Crippen molar-refractivity contribution in [3.05, 3.63) is 42.0 Å². The molecular formula is C14H17NO. The van der Waals surface area contributed by atoms with E-state index in [1.54, 1.807) is 6.07 Å². The van der Waals surface area contributed by atoms with E-state index in [1.165, 1.54) is 5.39 Å². The maximum Gasteiger partial charge on any atom is 0.120 e. The van der Waals surface area contributed by atoms with Crippen LogP contribution in [0.2, 0.25) is 0 Å². The van der Waals surface area contributed by atoms with Crippen LogP contribution >= 0.6 is 0 Å². The van der Waals surface area contributed by atoms with E-state index >= 15 is 0 Å². The summed E-state index contributed by atoms with van der Waals surface area (Å²) in [5, 5.41) is 12.2. The lowest BCUT2D eigenvalue weighted by Crippen LogP contribution is -2.16. The molecule has 2 aromatic rings. The SMILES string of the molecule is CCN(C)Cc1c(O)ccc2ccccc12. The predicted molar refractivity (Wildman–Crippen MR) is 67.6 cm³/mol. The van der Waals surface area contributed by atoms with Gasteiger partial charge in [0.05, 0.1) is 0 Å². The van der Waals surface area contributed by atoms with Crippen LogP contribution in [0.25, 0.3) is 10.8 Å². The van der Waals surface area contributed by atoms with Gasteiger partial charge in [-0.2, -0.15) is 0 Å². The molecule has 0 saturated heterocycles. The third kappa shape index (κ3) is 2.02. The molecule has 2 rings (SSSR count). The van der Waals surface area contributed by atoms with Gasteiger partial charge in [-0.1, -0.05) is 37.3 Å². The summed E-state index contributed by atoms with van der Waals surface area (Å²) in [6.45, 7) is 3.87. The van der Waals surface area contributed by atoms with E-state index in [0.717, 1.165) is 24.0 Å². The van der Waals surface area contributed by atoms with Gasteiger partial charge in [0.15, 0.2) is 0 Å². The van der Waals surface area contributed by atoms with Crippen molar-refractivity contribution in [1.29, 1.82) is 0 Å². The number of hydrogen-bond donors (Lipinski definition) is 1. The summed E-state index contributed by atoms with van der Waals surface area (Å²) in [4.78, 5) is 2.18. The number of phenols is 1. The summed E-state index contributed by atoms with van der Waals surface area (Å²) < 4.78 is 0. The van der Waals surface area contributed by atoms with Crippen LogP contribution in [0.15, 0.2) is 36.4 Å². The van der Waals surface area contributed by atoms with Crippen LogP contribution in [0.1, 0.15) is 12.5 Å². The first kappa shape index (κ1) is 11.0. The number of phenolic OH excluding ortho intramolecular Hbond substituents is 1. The molecule has 1 N–H and O–H groups in total. The molecule has 0 amide bonds. The quantitative estimate of drug-likeness (QED) is 0.850. The lowest BCUT2D eigenvalue weighted by molar-refractivity contribution is 0.339. The van der Waals surface area contributed by atoms with Crippen molar-refractivity contribution in [2.45, 2.75) is 13.5 Å². The Kier molecular flexibility index (Phi) is 3.11. The molecule has 0 atom stereocenters. The largest absolute Gasteiger partial charge is 0.508 e. The maximum atomic E-state index is 9.93. The zero-order valence-electron chi connectivity index (χ0n) is 9.77. The van der Waals surface area contributed by atoms with Crippen molar-refractivity contribution in [2.75, 3.05) is 13.6 Å². The average molecular weight is 215 g/mol. The molecule has 84 valence electrons. The first-order valence-corrected chi connectivity index (χ1v) is 5.60. The average Bonchev–Trinajstić information content (AvgIpc) is 2.32. The van der Waals surface area contributed by atoms with Crippen LogP contribution in [-0.2, 0) is 6.54 Å². The first-order valence-electron chi connectivity index (χ1n) is 5.60. The second-order valence-corrected chi connectivity index (χ2v) is 4.11. The molecule has 0 spiro atoms. The summed E-state index contributed by atoms with van der Waals surface area (Å²) in [5.74, 6) is 0.388. The Morgan fingerprint density at radius 2 is 1.88 bits per heavy atom. The highest BCUT2D eigenvalue weighted by molar-refractivity contribution is 5.87. The number of fused-ring (bicyclic) bond motifs is 1. The highest BCUT2D eigenvalue weighted by Crippen LogP contribution is 2.27. The second-order valence-electron chi connectivity index (χ2n) is 4.11. The van der Waals surface area contributed by atoms with E-state index in [0.29, 0.717) is 5.75 Å². The van der Waals surface area contributed by atoms with Crippen LogP contribution in [0.4, 0.5) is 0 Å². The lowest BCUT2D eigenvalue weighted by atomic mass is 10.0. The zero-order valence-corrected chi connectivity index (χ0v) is 9.77. The van der Waals surface area contributed by atoms with Gasteiger partial charge in [0.25, 0.3) is 0 Å². The minimum Gasteiger partial charge on any atom is -0.508 e. The molecule has 0 fully saturated rings. The second kappa shape index (κ2) is 4.54. The third-order valence-electron chi connectivity index (χ3n) is 2.98. The third-order valence-corrected chi connectivity index (χ3v) is 2.98. The highest BCUT2D eigenvalue weighted by Gasteiger charge is 2.08. The van der Waals surface area contributed by atoms with Gasteiger partial charge in [-0.15, -0.1) is 0 Å². The minimum absolute atomic E-state index is 0.388. The van der Waals surface area contributed by atoms with Gasteiger partial charge in [-0.25, -0.2) is 0 Å². The monoisotopic (exact) mass is 215 g/mol. The molecule has 2 nitrogen and oxygen atoms in total. The van der Waals surface area contributed by atoms with Crippen molar-refractivity contribution in [3.63, 3.8) is 0 Å². The molecule has 0 aliphatic carbocycles. The number of rotatable bonds is 3. The molecule has 2 heteroatoms. The summed E-state index contributed by atoms with van der Waals surface area (Å²) in [7, 11) is 2.06. The Morgan fingerprint density at radius 3 is 2.62 bits per heavy atom. The van der Waals surface area contributed by atoms with Crippen LogP contribution in [0.5, 0.6) is 5.75 Å². The molecule has 2 aromatic carbocycles. The van der Waals surface area contributed by atoms with Crippen molar-refractivity contribution >= 4 is 10.8 Å². The predicted octanol–water partition coefficient (Wildman–Crippen LogP) is 3.00. The van der Waals surface area contributed by atoms with Crippen LogP contribution < -0.4 is 0 Å². The summed E-state index contributed by atoms with van der Waals surface area (Å²) in [6.07, 6.45) is 0. The Balaban J connectivity index is 2.52. The number of hydrogen-bond acceptors (Lipinski definition) is 2. The molecule has 0 saturated carbocycles. The molecule has 0 unspecified atom stereocenters. The van der Waals surface area contributed by atoms with E-state index in [-0.39, 0.29) is 0 Å². The van der Waals surface area contributed by atoms with E-state index in [9.17, 15) is 5.11 Å². The molecule has 0 radical (unpaired) electrons. The van der Waals surface area contributed by atoms with Crippen molar-refractivity contribution < 1.29 is 5.11 Å². The molecular weight excluding hydrogens is 198 g/mol. The van der Waals surface area contributed by atoms with E-state index < -0.39 is 0 Å². The van der Waals surface area contributed by atoms with Gasteiger partial charge in [-0.05, 0) is 30.4 Å². The van der Waals surface area contributed by atoms with E-state index in [2.05, 4.69) is 31.0 Å². The van der Waals surface area contributed by atoms with Crippen molar-refractivity contribution in [2.24, 2.45) is 0 Å². The van der Waals surface area contributed by atoms with Crippen LogP contribution in [-0.4, -0.2) is 23.6 Å². The lowest BCUT2D eigenvalue weighted by Gasteiger charge is -2.16. The van der Waals surface area contributed by atoms with Gasteiger partial charge < -0.3 is 10.0 Å². The molecule has 0 bridgehead atoms. The Bertz CT molecular complexity index is 493. The Hall–Kier alpha value is -1.54. The fraction of sp³-hybridized carbons (Fsp3) is 0.286. The fourth-order valence-corrected chi connectivity index (χ4v) is 1.87. The molecule has 0 aliphatic rings. The van der Waals surface area contributed by atoms with E-state index in [1.807, 2.05) is 18.2 Å². The molecule has 0 heterocycles. The van der Waals surface area contributed by atoms with Crippen LogP contribution in [0.3, 0.4) is 0 Å². The topological polar surface area (TPSA) is 23.5 Å². The minimum atomic E-state index is 0.388. The van der Waals surface area contributed by atoms with E-state index in [4.69, 9.17) is 0 Å². The van der Waals surface area contributed by atoms with Gasteiger partial charge in [0, 0.05) is 12.1 Å². The van der Waals surface area contributed by atoms with Gasteiger partial charge >= 0.3 is 0 Å². The smallest absolute Gasteiger partial charge is 0.120 e. The summed E-state index contributed by atoms with van der Waals surface area (Å²) in [6, 6.07) is 11.9. The standard InChI is InChI=1S/C14H17NO/c1-3-15(2)10-13-12-7-5-4-6-11(12)8-9-14(13)16/h4-9,16H,3,10H2,1-2H3. The molecule has 16 heavy (non-hydrogen) atoms.